The molecular formula is C15H14F3N3O. The number of amides is 1. The molecular weight excluding hydrogens is 295 g/mol. The summed E-state index contributed by atoms with van der Waals surface area (Å²) in [5.74, 6) is -2.31. The van der Waals surface area contributed by atoms with Crippen LogP contribution in [0.5, 0.6) is 0 Å². The van der Waals surface area contributed by atoms with Gasteiger partial charge in [0.25, 0.3) is 0 Å². The van der Waals surface area contributed by atoms with Gasteiger partial charge in [-0.15, -0.1) is 0 Å². The number of aromatic nitrogens is 2. The van der Waals surface area contributed by atoms with Crippen molar-refractivity contribution >= 4 is 11.7 Å². The van der Waals surface area contributed by atoms with E-state index in [1.165, 1.54) is 4.68 Å². The summed E-state index contributed by atoms with van der Waals surface area (Å²) >= 11 is 0. The highest BCUT2D eigenvalue weighted by Crippen LogP contribution is 2.47. The first kappa shape index (κ1) is 14.6. The number of rotatable bonds is 2. The predicted octanol–water partition coefficient (Wildman–Crippen LogP) is 3.56. The molecule has 2 heterocycles. The summed E-state index contributed by atoms with van der Waals surface area (Å²) in [6.45, 7) is 2.14. The maximum atomic E-state index is 13.4. The van der Waals surface area contributed by atoms with Gasteiger partial charge in [0, 0.05) is 24.1 Å². The molecule has 1 unspecified atom stereocenters. The molecule has 1 amide bonds. The Hall–Kier alpha value is -2.31. The van der Waals surface area contributed by atoms with E-state index in [0.717, 1.165) is 0 Å². The summed E-state index contributed by atoms with van der Waals surface area (Å²) in [7, 11) is 0. The average Bonchev–Trinajstić information content (AvgIpc) is 2.84. The average molecular weight is 309 g/mol. The zero-order chi connectivity index (χ0) is 15.9. The van der Waals surface area contributed by atoms with Crippen molar-refractivity contribution in [1.29, 1.82) is 0 Å². The van der Waals surface area contributed by atoms with Crippen molar-refractivity contribution in [2.75, 3.05) is 5.32 Å². The van der Waals surface area contributed by atoms with Gasteiger partial charge in [0.2, 0.25) is 5.91 Å². The third kappa shape index (κ3) is 2.36. The second-order valence-electron chi connectivity index (χ2n) is 5.14. The molecule has 1 aromatic carbocycles. The highest BCUT2D eigenvalue weighted by molar-refractivity contribution is 5.95. The Labute approximate surface area is 124 Å². The fourth-order valence-corrected chi connectivity index (χ4v) is 2.73. The normalized spacial score (nSPS) is 18.0. The van der Waals surface area contributed by atoms with Gasteiger partial charge in [-0.05, 0) is 6.92 Å². The molecule has 1 aliphatic rings. The third-order valence-corrected chi connectivity index (χ3v) is 3.73. The van der Waals surface area contributed by atoms with Gasteiger partial charge in [0.15, 0.2) is 0 Å². The second kappa shape index (κ2) is 5.15. The second-order valence-corrected chi connectivity index (χ2v) is 5.14. The van der Waals surface area contributed by atoms with Crippen LogP contribution in [0.2, 0.25) is 0 Å². The van der Waals surface area contributed by atoms with Crippen LogP contribution in [0.15, 0.2) is 30.3 Å². The van der Waals surface area contributed by atoms with E-state index in [1.807, 2.05) is 0 Å². The zero-order valence-electron chi connectivity index (χ0n) is 11.8. The van der Waals surface area contributed by atoms with Crippen LogP contribution in [0, 0.1) is 0 Å². The lowest BCUT2D eigenvalue weighted by molar-refractivity contribution is -0.156. The molecule has 0 bridgehead atoms. The lowest BCUT2D eigenvalue weighted by Crippen LogP contribution is -2.32. The molecule has 0 aliphatic carbocycles. The van der Waals surface area contributed by atoms with Crippen LogP contribution in [-0.2, 0) is 11.3 Å². The Bertz CT molecular complexity index is 707. The summed E-state index contributed by atoms with van der Waals surface area (Å²) < 4.78 is 41.6. The summed E-state index contributed by atoms with van der Waals surface area (Å²) in [4.78, 5) is 11.6. The number of alkyl halides is 3. The number of hydrogen-bond donors (Lipinski definition) is 1. The van der Waals surface area contributed by atoms with Crippen molar-refractivity contribution in [3.05, 3.63) is 35.9 Å². The highest BCUT2D eigenvalue weighted by atomic mass is 19.4. The number of hydrogen-bond acceptors (Lipinski definition) is 2. The molecule has 1 aliphatic heterocycles. The van der Waals surface area contributed by atoms with Gasteiger partial charge in [-0.2, -0.15) is 18.3 Å². The number of carbonyl (C=O) groups is 1. The standard InChI is InChI=1S/C15H14F3N3O/c1-2-21-14-12(10(15(16,17)18)8-11(22)19-14)13(20-21)9-6-4-3-5-7-9/h3-7,10H,2,8H2,1H3,(H,19,22). The lowest BCUT2D eigenvalue weighted by Gasteiger charge is -2.26. The van der Waals surface area contributed by atoms with Crippen molar-refractivity contribution in [1.82, 2.24) is 9.78 Å². The number of fused-ring (bicyclic) bond motifs is 1. The molecule has 22 heavy (non-hydrogen) atoms. The number of anilines is 1. The number of nitrogens with one attached hydrogen (secondary N) is 1. The van der Waals surface area contributed by atoms with Gasteiger partial charge in [-0.1, -0.05) is 30.3 Å². The summed E-state index contributed by atoms with van der Waals surface area (Å²) in [6.07, 6.45) is -5.09. The van der Waals surface area contributed by atoms with Crippen molar-refractivity contribution in [2.45, 2.75) is 32.0 Å². The SMILES string of the molecule is CCn1nc(-c2ccccc2)c2c1NC(=O)CC2C(F)(F)F. The minimum absolute atomic E-state index is 0.0557. The van der Waals surface area contributed by atoms with E-state index < -0.39 is 24.4 Å². The fraction of sp³-hybridized carbons (Fsp3) is 0.333. The monoisotopic (exact) mass is 309 g/mol. The van der Waals surface area contributed by atoms with Crippen molar-refractivity contribution in [2.24, 2.45) is 0 Å². The Kier molecular flexibility index (Phi) is 3.42. The van der Waals surface area contributed by atoms with Crippen molar-refractivity contribution in [3.8, 4) is 11.3 Å². The lowest BCUT2D eigenvalue weighted by atomic mass is 9.89. The van der Waals surface area contributed by atoms with Gasteiger partial charge in [-0.3, -0.25) is 4.79 Å². The van der Waals surface area contributed by atoms with Crippen LogP contribution in [0.25, 0.3) is 11.3 Å². The van der Waals surface area contributed by atoms with Crippen LogP contribution < -0.4 is 5.32 Å². The van der Waals surface area contributed by atoms with Gasteiger partial charge in [-0.25, -0.2) is 4.68 Å². The van der Waals surface area contributed by atoms with Crippen molar-refractivity contribution in [3.63, 3.8) is 0 Å². The first-order valence-electron chi connectivity index (χ1n) is 6.94. The van der Waals surface area contributed by atoms with E-state index in [9.17, 15) is 18.0 Å². The maximum Gasteiger partial charge on any atom is 0.396 e. The molecule has 1 N–H and O–H groups in total. The Balaban J connectivity index is 2.24. The molecule has 0 radical (unpaired) electrons. The Morgan fingerprint density at radius 1 is 1.32 bits per heavy atom. The minimum atomic E-state index is -4.49. The van der Waals surface area contributed by atoms with Gasteiger partial charge in [0.1, 0.15) is 5.82 Å². The van der Waals surface area contributed by atoms with Crippen LogP contribution in [0.3, 0.4) is 0 Å². The van der Waals surface area contributed by atoms with Crippen LogP contribution in [0.4, 0.5) is 19.0 Å². The molecule has 3 rings (SSSR count). The van der Waals surface area contributed by atoms with E-state index in [4.69, 9.17) is 0 Å². The summed E-state index contributed by atoms with van der Waals surface area (Å²) in [5, 5.41) is 6.81. The molecule has 4 nitrogen and oxygen atoms in total. The molecule has 0 spiro atoms. The van der Waals surface area contributed by atoms with E-state index >= 15 is 0 Å². The molecule has 7 heteroatoms. The topological polar surface area (TPSA) is 46.9 Å². The number of aryl methyl sites for hydroxylation is 1. The van der Waals surface area contributed by atoms with E-state index in [2.05, 4.69) is 10.4 Å². The molecule has 0 saturated carbocycles. The largest absolute Gasteiger partial charge is 0.396 e. The van der Waals surface area contributed by atoms with Crippen LogP contribution >= 0.6 is 0 Å². The maximum absolute atomic E-state index is 13.4. The quantitative estimate of drug-likeness (QED) is 0.922. The van der Waals surface area contributed by atoms with Gasteiger partial charge >= 0.3 is 6.18 Å². The smallest absolute Gasteiger partial charge is 0.311 e. The van der Waals surface area contributed by atoms with Crippen molar-refractivity contribution < 1.29 is 18.0 Å². The molecule has 1 aromatic heterocycles. The first-order valence-corrected chi connectivity index (χ1v) is 6.94. The Morgan fingerprint density at radius 3 is 2.59 bits per heavy atom. The molecule has 2 aromatic rings. The molecule has 0 fully saturated rings. The summed E-state index contributed by atoms with van der Waals surface area (Å²) in [5.41, 5.74) is 0.941. The number of nitrogens with zero attached hydrogens (tertiary/aromatic N) is 2. The number of benzene rings is 1. The van der Waals surface area contributed by atoms with E-state index in [-0.39, 0.29) is 17.1 Å². The Morgan fingerprint density at radius 2 is 2.00 bits per heavy atom. The highest BCUT2D eigenvalue weighted by Gasteiger charge is 2.48. The van der Waals surface area contributed by atoms with E-state index in [1.54, 1.807) is 37.3 Å². The molecule has 116 valence electrons. The molecule has 0 saturated heterocycles. The molecule has 1 atom stereocenters. The van der Waals surface area contributed by atoms with Crippen LogP contribution in [-0.4, -0.2) is 21.9 Å². The number of halogens is 3. The fourth-order valence-electron chi connectivity index (χ4n) is 2.73. The number of carbonyl (C=O) groups excluding carboxylic acids is 1. The minimum Gasteiger partial charge on any atom is -0.311 e. The predicted molar refractivity (Wildman–Crippen MR) is 75.4 cm³/mol. The van der Waals surface area contributed by atoms with Gasteiger partial charge in [0.05, 0.1) is 11.6 Å². The summed E-state index contributed by atoms with van der Waals surface area (Å²) in [6, 6.07) is 8.71. The van der Waals surface area contributed by atoms with Gasteiger partial charge < -0.3 is 5.32 Å². The van der Waals surface area contributed by atoms with Crippen LogP contribution in [0.1, 0.15) is 24.8 Å². The first-order chi connectivity index (χ1) is 10.4. The third-order valence-electron chi connectivity index (χ3n) is 3.73. The zero-order valence-corrected chi connectivity index (χ0v) is 11.8. The van der Waals surface area contributed by atoms with E-state index in [0.29, 0.717) is 12.1 Å².